The van der Waals surface area contributed by atoms with E-state index in [1.165, 1.54) is 0 Å². The summed E-state index contributed by atoms with van der Waals surface area (Å²) in [6.07, 6.45) is 3.77. The molecular weight excluding hydrogens is 360 g/mol. The highest BCUT2D eigenvalue weighted by Crippen LogP contribution is 2.19. The van der Waals surface area contributed by atoms with Crippen LogP contribution in [0.3, 0.4) is 0 Å². The Kier molecular flexibility index (Phi) is 6.12. The van der Waals surface area contributed by atoms with Gasteiger partial charge < -0.3 is 24.0 Å². The number of benzene rings is 1. The molecule has 2 atom stereocenters. The summed E-state index contributed by atoms with van der Waals surface area (Å²) in [4.78, 5) is 28.8. The number of carbonyl (C=O) groups is 2. The van der Waals surface area contributed by atoms with Gasteiger partial charge in [-0.3, -0.25) is 9.59 Å². The van der Waals surface area contributed by atoms with Gasteiger partial charge in [-0.1, -0.05) is 0 Å². The van der Waals surface area contributed by atoms with E-state index < -0.39 is 0 Å². The lowest BCUT2D eigenvalue weighted by molar-refractivity contribution is -0.142. The number of hydrogen-bond acceptors (Lipinski definition) is 5. The number of nitrogens with zero attached hydrogens (tertiary/aromatic N) is 2. The van der Waals surface area contributed by atoms with Crippen LogP contribution in [0.5, 0.6) is 5.75 Å². The number of carbonyl (C=O) groups excluding carboxylic acids is 2. The fraction of sp³-hybridized carbons (Fsp3) is 0.619. The molecule has 4 rings (SSSR count). The highest BCUT2D eigenvalue weighted by atomic mass is 16.5. The van der Waals surface area contributed by atoms with Crippen molar-refractivity contribution >= 4 is 11.8 Å². The Bertz CT molecular complexity index is 673. The van der Waals surface area contributed by atoms with E-state index >= 15 is 0 Å². The minimum Gasteiger partial charge on any atom is -0.491 e. The average Bonchev–Trinajstić information content (AvgIpc) is 3.46. The van der Waals surface area contributed by atoms with Crippen LogP contribution in [0.4, 0.5) is 0 Å². The molecule has 0 bridgehead atoms. The number of piperazine rings is 1. The van der Waals surface area contributed by atoms with Crippen molar-refractivity contribution in [3.63, 3.8) is 0 Å². The van der Waals surface area contributed by atoms with E-state index in [1.807, 2.05) is 21.9 Å². The first-order valence-electron chi connectivity index (χ1n) is 10.2. The van der Waals surface area contributed by atoms with E-state index in [1.54, 1.807) is 12.1 Å². The quantitative estimate of drug-likeness (QED) is 0.768. The molecule has 2 unspecified atom stereocenters. The first-order chi connectivity index (χ1) is 13.7. The van der Waals surface area contributed by atoms with E-state index in [4.69, 9.17) is 14.2 Å². The smallest absolute Gasteiger partial charge is 0.253 e. The monoisotopic (exact) mass is 388 g/mol. The maximum absolute atomic E-state index is 12.7. The van der Waals surface area contributed by atoms with Gasteiger partial charge in [0.25, 0.3) is 11.8 Å². The molecule has 28 heavy (non-hydrogen) atoms. The maximum atomic E-state index is 12.7. The Labute approximate surface area is 165 Å². The second-order valence-electron chi connectivity index (χ2n) is 7.59. The van der Waals surface area contributed by atoms with Crippen molar-refractivity contribution in [1.82, 2.24) is 9.80 Å². The van der Waals surface area contributed by atoms with Crippen molar-refractivity contribution in [1.29, 1.82) is 0 Å². The van der Waals surface area contributed by atoms with E-state index in [0.717, 1.165) is 38.0 Å². The van der Waals surface area contributed by atoms with Gasteiger partial charge >= 0.3 is 0 Å². The molecule has 2 amide bonds. The molecule has 0 radical (unpaired) electrons. The first-order valence-corrected chi connectivity index (χ1v) is 10.2. The number of amides is 2. The Morgan fingerprint density at radius 2 is 1.61 bits per heavy atom. The van der Waals surface area contributed by atoms with E-state index in [2.05, 4.69) is 0 Å². The molecule has 7 heteroatoms. The minimum absolute atomic E-state index is 0.00473. The number of ether oxygens (including phenoxy) is 3. The zero-order valence-corrected chi connectivity index (χ0v) is 16.2. The molecule has 0 saturated carbocycles. The zero-order chi connectivity index (χ0) is 19.3. The molecule has 1 aromatic rings. The van der Waals surface area contributed by atoms with Gasteiger partial charge in [-0.05, 0) is 49.9 Å². The van der Waals surface area contributed by atoms with E-state index in [9.17, 15) is 9.59 Å². The van der Waals surface area contributed by atoms with Crippen molar-refractivity contribution in [2.24, 2.45) is 0 Å². The second-order valence-corrected chi connectivity index (χ2v) is 7.59. The van der Waals surface area contributed by atoms with Gasteiger partial charge in [-0.2, -0.15) is 0 Å². The summed E-state index contributed by atoms with van der Waals surface area (Å²) in [6.45, 7) is 4.26. The SMILES string of the molecule is O=C(c1ccc(OCC2CCCO2)cc1)N1CCN(C(=O)C2CCCO2)CC1. The van der Waals surface area contributed by atoms with Crippen molar-refractivity contribution in [3.8, 4) is 5.75 Å². The first kappa shape index (κ1) is 19.2. The molecule has 1 aromatic carbocycles. The van der Waals surface area contributed by atoms with Crippen LogP contribution in [-0.2, 0) is 14.3 Å². The molecule has 3 saturated heterocycles. The maximum Gasteiger partial charge on any atom is 0.253 e. The van der Waals surface area contributed by atoms with Crippen LogP contribution in [0.2, 0.25) is 0 Å². The van der Waals surface area contributed by atoms with Crippen molar-refractivity contribution in [3.05, 3.63) is 29.8 Å². The third kappa shape index (κ3) is 4.47. The normalized spacial score (nSPS) is 25.1. The molecule has 0 aromatic heterocycles. The highest BCUT2D eigenvalue weighted by Gasteiger charge is 2.31. The van der Waals surface area contributed by atoms with Gasteiger partial charge in [-0.25, -0.2) is 0 Å². The van der Waals surface area contributed by atoms with Gasteiger partial charge in [0.15, 0.2) is 0 Å². The van der Waals surface area contributed by atoms with Crippen molar-refractivity contribution < 1.29 is 23.8 Å². The molecule has 3 aliphatic rings. The zero-order valence-electron chi connectivity index (χ0n) is 16.2. The third-order valence-corrected chi connectivity index (χ3v) is 5.64. The lowest BCUT2D eigenvalue weighted by Gasteiger charge is -2.35. The fourth-order valence-electron chi connectivity index (χ4n) is 3.95. The Hall–Kier alpha value is -2.12. The lowest BCUT2D eigenvalue weighted by Crippen LogP contribution is -2.52. The highest BCUT2D eigenvalue weighted by molar-refractivity contribution is 5.94. The summed E-state index contributed by atoms with van der Waals surface area (Å²) in [5.74, 6) is 0.811. The molecule has 3 fully saturated rings. The van der Waals surface area contributed by atoms with Crippen LogP contribution < -0.4 is 4.74 Å². The molecule has 0 N–H and O–H groups in total. The van der Waals surface area contributed by atoms with Gasteiger partial charge in [0, 0.05) is 45.0 Å². The molecule has 0 aliphatic carbocycles. The molecular formula is C21H28N2O5. The van der Waals surface area contributed by atoms with Crippen LogP contribution >= 0.6 is 0 Å². The average molecular weight is 388 g/mol. The molecule has 3 heterocycles. The van der Waals surface area contributed by atoms with Gasteiger partial charge in [0.2, 0.25) is 0 Å². The molecule has 3 aliphatic heterocycles. The Morgan fingerprint density at radius 1 is 0.929 bits per heavy atom. The molecule has 152 valence electrons. The summed E-state index contributed by atoms with van der Waals surface area (Å²) in [5, 5.41) is 0. The summed E-state index contributed by atoms with van der Waals surface area (Å²) in [5.41, 5.74) is 0.642. The predicted octanol–water partition coefficient (Wildman–Crippen LogP) is 1.71. The molecule has 0 spiro atoms. The summed E-state index contributed by atoms with van der Waals surface area (Å²) in [7, 11) is 0. The summed E-state index contributed by atoms with van der Waals surface area (Å²) in [6, 6.07) is 7.27. The van der Waals surface area contributed by atoms with Crippen LogP contribution in [0.1, 0.15) is 36.0 Å². The number of hydrogen-bond donors (Lipinski definition) is 0. The van der Waals surface area contributed by atoms with E-state index in [-0.39, 0.29) is 24.0 Å². The summed E-state index contributed by atoms with van der Waals surface area (Å²) < 4.78 is 16.8. The second kappa shape index (κ2) is 8.92. The topological polar surface area (TPSA) is 68.3 Å². The Balaban J connectivity index is 1.25. The number of rotatable bonds is 5. The standard InChI is InChI=1S/C21H28N2O5/c24-20(16-5-7-17(8-6-16)28-15-18-3-1-13-26-18)22-9-11-23(12-10-22)21(25)19-4-2-14-27-19/h5-8,18-19H,1-4,9-15H2. The van der Waals surface area contributed by atoms with Crippen molar-refractivity contribution in [2.45, 2.75) is 37.9 Å². The van der Waals surface area contributed by atoms with Crippen LogP contribution in [-0.4, -0.2) is 79.8 Å². The van der Waals surface area contributed by atoms with Crippen LogP contribution in [0.15, 0.2) is 24.3 Å². The lowest BCUT2D eigenvalue weighted by atomic mass is 10.1. The van der Waals surface area contributed by atoms with Crippen LogP contribution in [0, 0.1) is 0 Å². The summed E-state index contributed by atoms with van der Waals surface area (Å²) >= 11 is 0. The largest absolute Gasteiger partial charge is 0.491 e. The molecule has 7 nitrogen and oxygen atoms in total. The van der Waals surface area contributed by atoms with Gasteiger partial charge in [0.1, 0.15) is 18.5 Å². The van der Waals surface area contributed by atoms with Crippen molar-refractivity contribution in [2.75, 3.05) is 46.0 Å². The Morgan fingerprint density at radius 3 is 2.25 bits per heavy atom. The van der Waals surface area contributed by atoms with Gasteiger partial charge in [-0.15, -0.1) is 0 Å². The van der Waals surface area contributed by atoms with Gasteiger partial charge in [0.05, 0.1) is 6.10 Å². The van der Waals surface area contributed by atoms with Crippen LogP contribution in [0.25, 0.3) is 0 Å². The fourth-order valence-corrected chi connectivity index (χ4v) is 3.95. The predicted molar refractivity (Wildman–Crippen MR) is 102 cm³/mol. The third-order valence-electron chi connectivity index (χ3n) is 5.64. The van der Waals surface area contributed by atoms with E-state index in [0.29, 0.717) is 45.0 Å². The minimum atomic E-state index is -0.288.